The van der Waals surface area contributed by atoms with Crippen molar-refractivity contribution in [1.29, 1.82) is 0 Å². The van der Waals surface area contributed by atoms with Gasteiger partial charge in [0.1, 0.15) is 11.6 Å². The minimum absolute atomic E-state index is 0.0205. The maximum absolute atomic E-state index is 14.0. The second-order valence-electron chi connectivity index (χ2n) is 8.80. The number of nitrogens with zero attached hydrogens (tertiary/aromatic N) is 1. The average molecular weight is 568 g/mol. The fourth-order valence-electron chi connectivity index (χ4n) is 4.38. The monoisotopic (exact) mass is 566 g/mol. The standard InChI is InChI=1S/C29H25BrClFN2O2/c1-17(35)8-9-20(23-15-22(32)11-12-25(23)31)16-33-29(36)27-18(2)28(19-6-4-3-5-7-19)34-26-13-10-21(30)14-24(26)27/h3-7,10-15,20H,8-9,16H2,1-2H3,(H,33,36). The molecule has 1 amide bonds. The number of benzene rings is 3. The van der Waals surface area contributed by atoms with E-state index >= 15 is 0 Å². The molecule has 36 heavy (non-hydrogen) atoms. The average Bonchev–Trinajstić information content (AvgIpc) is 2.85. The van der Waals surface area contributed by atoms with E-state index in [0.717, 1.165) is 26.7 Å². The van der Waals surface area contributed by atoms with Gasteiger partial charge in [0, 0.05) is 39.3 Å². The van der Waals surface area contributed by atoms with E-state index < -0.39 is 5.82 Å². The molecule has 4 nitrogen and oxygen atoms in total. The van der Waals surface area contributed by atoms with Crippen LogP contribution in [0.4, 0.5) is 4.39 Å². The smallest absolute Gasteiger partial charge is 0.252 e. The molecule has 0 aliphatic carbocycles. The van der Waals surface area contributed by atoms with Crippen molar-refractivity contribution < 1.29 is 14.0 Å². The lowest BCUT2D eigenvalue weighted by Crippen LogP contribution is -2.30. The van der Waals surface area contributed by atoms with Gasteiger partial charge in [0.05, 0.1) is 16.8 Å². The maximum Gasteiger partial charge on any atom is 0.252 e. The van der Waals surface area contributed by atoms with Crippen LogP contribution < -0.4 is 5.32 Å². The Hall–Kier alpha value is -3.09. The third kappa shape index (κ3) is 5.82. The van der Waals surface area contributed by atoms with Crippen LogP contribution in [0.15, 0.2) is 71.2 Å². The number of aromatic nitrogens is 1. The Labute approximate surface area is 223 Å². The van der Waals surface area contributed by atoms with Crippen LogP contribution in [-0.4, -0.2) is 23.2 Å². The molecule has 0 fully saturated rings. The Balaban J connectivity index is 1.72. The summed E-state index contributed by atoms with van der Waals surface area (Å²) in [7, 11) is 0. The minimum Gasteiger partial charge on any atom is -0.351 e. The molecule has 0 radical (unpaired) electrons. The number of nitrogens with one attached hydrogen (secondary N) is 1. The van der Waals surface area contributed by atoms with Gasteiger partial charge >= 0.3 is 0 Å². The van der Waals surface area contributed by atoms with Gasteiger partial charge in [0.2, 0.25) is 0 Å². The number of rotatable bonds is 8. The van der Waals surface area contributed by atoms with E-state index in [4.69, 9.17) is 16.6 Å². The van der Waals surface area contributed by atoms with Crippen LogP contribution in [0.1, 0.15) is 47.2 Å². The predicted octanol–water partition coefficient (Wildman–Crippen LogP) is 7.65. The van der Waals surface area contributed by atoms with Crippen molar-refractivity contribution in [3.63, 3.8) is 0 Å². The number of ketones is 1. The van der Waals surface area contributed by atoms with Gasteiger partial charge < -0.3 is 10.1 Å². The van der Waals surface area contributed by atoms with Crippen LogP contribution in [0.25, 0.3) is 22.2 Å². The molecule has 0 spiro atoms. The van der Waals surface area contributed by atoms with Gasteiger partial charge in [0.25, 0.3) is 5.91 Å². The number of halogens is 3. The zero-order chi connectivity index (χ0) is 25.8. The van der Waals surface area contributed by atoms with E-state index in [1.807, 2.05) is 55.5 Å². The van der Waals surface area contributed by atoms with Gasteiger partial charge in [-0.1, -0.05) is 57.9 Å². The molecule has 4 aromatic rings. The Morgan fingerprint density at radius 3 is 2.56 bits per heavy atom. The highest BCUT2D eigenvalue weighted by atomic mass is 79.9. The molecule has 4 rings (SSSR count). The molecule has 1 unspecified atom stereocenters. The quantitative estimate of drug-likeness (QED) is 0.238. The van der Waals surface area contributed by atoms with Crippen molar-refractivity contribution in [2.45, 2.75) is 32.6 Å². The Morgan fingerprint density at radius 2 is 1.83 bits per heavy atom. The van der Waals surface area contributed by atoms with Crippen LogP contribution in [0.3, 0.4) is 0 Å². The first-order valence-corrected chi connectivity index (χ1v) is 12.8. The number of hydrogen-bond donors (Lipinski definition) is 1. The molecule has 184 valence electrons. The van der Waals surface area contributed by atoms with Crippen molar-refractivity contribution in [2.75, 3.05) is 6.54 Å². The number of hydrogen-bond acceptors (Lipinski definition) is 3. The van der Waals surface area contributed by atoms with E-state index in [1.165, 1.54) is 25.1 Å². The van der Waals surface area contributed by atoms with Gasteiger partial charge in [0.15, 0.2) is 0 Å². The normalized spacial score (nSPS) is 11.9. The second-order valence-corrected chi connectivity index (χ2v) is 10.1. The molecule has 7 heteroatoms. The fraction of sp³-hybridized carbons (Fsp3) is 0.207. The molecule has 0 saturated heterocycles. The summed E-state index contributed by atoms with van der Waals surface area (Å²) in [4.78, 5) is 30.2. The van der Waals surface area contributed by atoms with Gasteiger partial charge in [-0.2, -0.15) is 0 Å². The summed E-state index contributed by atoms with van der Waals surface area (Å²) < 4.78 is 14.9. The van der Waals surface area contributed by atoms with E-state index in [1.54, 1.807) is 0 Å². The third-order valence-electron chi connectivity index (χ3n) is 6.22. The van der Waals surface area contributed by atoms with Gasteiger partial charge in [-0.25, -0.2) is 9.37 Å². The number of amides is 1. The summed E-state index contributed by atoms with van der Waals surface area (Å²) in [6.07, 6.45) is 0.741. The zero-order valence-corrected chi connectivity index (χ0v) is 22.3. The molecule has 1 atom stereocenters. The largest absolute Gasteiger partial charge is 0.351 e. The molecule has 1 N–H and O–H groups in total. The van der Waals surface area contributed by atoms with E-state index in [-0.39, 0.29) is 24.2 Å². The van der Waals surface area contributed by atoms with Crippen molar-refractivity contribution in [3.8, 4) is 11.3 Å². The summed E-state index contributed by atoms with van der Waals surface area (Å²) in [5.41, 5.74) is 4.21. The van der Waals surface area contributed by atoms with Crippen LogP contribution in [0, 0.1) is 12.7 Å². The van der Waals surface area contributed by atoms with E-state index in [9.17, 15) is 14.0 Å². The van der Waals surface area contributed by atoms with Crippen molar-refractivity contribution in [1.82, 2.24) is 10.3 Å². The first-order chi connectivity index (χ1) is 17.2. The lowest BCUT2D eigenvalue weighted by atomic mass is 9.92. The summed E-state index contributed by atoms with van der Waals surface area (Å²) in [6.45, 7) is 3.60. The molecule has 1 aromatic heterocycles. The van der Waals surface area contributed by atoms with Crippen LogP contribution in [0.2, 0.25) is 5.02 Å². The second kappa shape index (κ2) is 11.3. The number of Topliss-reactive ketones (excluding diaryl/α,β-unsaturated/α-hetero) is 1. The Bertz CT molecular complexity index is 1440. The number of fused-ring (bicyclic) bond motifs is 1. The first-order valence-electron chi connectivity index (χ1n) is 11.6. The topological polar surface area (TPSA) is 59.1 Å². The highest BCUT2D eigenvalue weighted by molar-refractivity contribution is 9.10. The molecular weight excluding hydrogens is 543 g/mol. The molecule has 0 bridgehead atoms. The summed E-state index contributed by atoms with van der Waals surface area (Å²) in [5.74, 6) is -0.987. The van der Waals surface area contributed by atoms with Crippen LogP contribution in [0.5, 0.6) is 0 Å². The summed E-state index contributed by atoms with van der Waals surface area (Å²) in [5, 5.41) is 4.15. The molecule has 0 aliphatic heterocycles. The number of carbonyl (C=O) groups excluding carboxylic acids is 2. The third-order valence-corrected chi connectivity index (χ3v) is 7.05. The van der Waals surface area contributed by atoms with Gasteiger partial charge in [-0.05, 0) is 67.8 Å². The van der Waals surface area contributed by atoms with Gasteiger partial charge in [-0.15, -0.1) is 0 Å². The summed E-state index contributed by atoms with van der Waals surface area (Å²) in [6, 6.07) is 19.6. The fourth-order valence-corrected chi connectivity index (χ4v) is 5.01. The molecular formula is C29H25BrClFN2O2. The molecule has 0 saturated carbocycles. The van der Waals surface area contributed by atoms with E-state index in [2.05, 4.69) is 21.2 Å². The van der Waals surface area contributed by atoms with E-state index in [0.29, 0.717) is 34.5 Å². The Morgan fingerprint density at radius 1 is 1.08 bits per heavy atom. The van der Waals surface area contributed by atoms with Crippen LogP contribution in [-0.2, 0) is 4.79 Å². The lowest BCUT2D eigenvalue weighted by Gasteiger charge is -2.20. The molecule has 3 aromatic carbocycles. The summed E-state index contributed by atoms with van der Waals surface area (Å²) >= 11 is 9.87. The van der Waals surface area contributed by atoms with Gasteiger partial charge in [-0.3, -0.25) is 4.79 Å². The molecule has 1 heterocycles. The minimum atomic E-state index is -0.415. The maximum atomic E-state index is 14.0. The van der Waals surface area contributed by atoms with Crippen LogP contribution >= 0.6 is 27.5 Å². The Kier molecular flexibility index (Phi) is 8.17. The number of carbonyl (C=O) groups is 2. The molecule has 0 aliphatic rings. The predicted molar refractivity (Wildman–Crippen MR) is 146 cm³/mol. The van der Waals surface area contributed by atoms with Crippen molar-refractivity contribution >= 4 is 50.1 Å². The SMILES string of the molecule is CC(=O)CCC(CNC(=O)c1c(C)c(-c2ccccc2)nc2ccc(Br)cc12)c1cc(F)ccc1Cl. The van der Waals surface area contributed by atoms with Crippen molar-refractivity contribution in [2.24, 2.45) is 0 Å². The zero-order valence-electron chi connectivity index (χ0n) is 19.9. The highest BCUT2D eigenvalue weighted by Gasteiger charge is 2.22. The first kappa shape index (κ1) is 26.0. The van der Waals surface area contributed by atoms with Crippen molar-refractivity contribution in [3.05, 3.63) is 98.7 Å². The number of pyridine rings is 1. The highest BCUT2D eigenvalue weighted by Crippen LogP contribution is 2.32. The lowest BCUT2D eigenvalue weighted by molar-refractivity contribution is -0.117.